The molecular formula is C29H30ClN2O8S2+. The van der Waals surface area contributed by atoms with Crippen molar-refractivity contribution in [1.29, 1.82) is 0 Å². The molecule has 3 aromatic carbocycles. The summed E-state index contributed by atoms with van der Waals surface area (Å²) in [7, 11) is -8.27. The summed E-state index contributed by atoms with van der Waals surface area (Å²) in [6, 6.07) is 16.8. The Morgan fingerprint density at radius 3 is 2.48 bits per heavy atom. The average molecular weight is 634 g/mol. The van der Waals surface area contributed by atoms with Gasteiger partial charge in [0.15, 0.2) is 12.3 Å². The van der Waals surface area contributed by atoms with E-state index in [0.717, 1.165) is 21.9 Å². The van der Waals surface area contributed by atoms with Gasteiger partial charge in [-0.15, -0.1) is 0 Å². The monoisotopic (exact) mass is 633 g/mol. The van der Waals surface area contributed by atoms with Crippen molar-refractivity contribution in [3.05, 3.63) is 83.0 Å². The second kappa shape index (κ2) is 12.1. The van der Waals surface area contributed by atoms with Crippen molar-refractivity contribution in [2.24, 2.45) is 0 Å². The molecule has 0 fully saturated rings. The van der Waals surface area contributed by atoms with Gasteiger partial charge in [-0.2, -0.15) is 21.4 Å². The van der Waals surface area contributed by atoms with Crippen LogP contribution in [-0.2, 0) is 26.8 Å². The van der Waals surface area contributed by atoms with Gasteiger partial charge >= 0.3 is 5.89 Å². The Kier molecular flexibility index (Phi) is 8.63. The van der Waals surface area contributed by atoms with Crippen LogP contribution in [0.4, 0.5) is 5.69 Å². The molecule has 42 heavy (non-hydrogen) atoms. The smallest absolute Gasteiger partial charge is 0.374 e. The molecule has 0 atom stereocenters. The van der Waals surface area contributed by atoms with Crippen LogP contribution in [0.5, 0.6) is 5.75 Å². The maximum Gasteiger partial charge on any atom is 0.374 e. The maximum atomic E-state index is 11.4. The summed E-state index contributed by atoms with van der Waals surface area (Å²) in [5.74, 6) is 0.707. The first-order valence-corrected chi connectivity index (χ1v) is 16.9. The zero-order valence-electron chi connectivity index (χ0n) is 22.7. The van der Waals surface area contributed by atoms with Gasteiger partial charge in [0.25, 0.3) is 25.8 Å². The van der Waals surface area contributed by atoms with E-state index in [2.05, 4.69) is 0 Å². The number of aryl methyl sites for hydroxylation is 1. The molecule has 0 unspecified atom stereocenters. The molecule has 13 heteroatoms. The van der Waals surface area contributed by atoms with E-state index >= 15 is 0 Å². The predicted molar refractivity (Wildman–Crippen MR) is 162 cm³/mol. The Morgan fingerprint density at radius 1 is 1.00 bits per heavy atom. The molecule has 1 aliphatic rings. The van der Waals surface area contributed by atoms with Crippen LogP contribution >= 0.6 is 11.6 Å². The quantitative estimate of drug-likeness (QED) is 0.159. The van der Waals surface area contributed by atoms with Gasteiger partial charge in [-0.05, 0) is 54.1 Å². The fraction of sp³-hybridized carbons (Fsp3) is 0.276. The number of oxazole rings is 1. The highest BCUT2D eigenvalue weighted by atomic mass is 35.5. The van der Waals surface area contributed by atoms with E-state index in [9.17, 15) is 25.9 Å². The Balaban J connectivity index is 1.56. The molecule has 0 bridgehead atoms. The molecule has 0 radical (unpaired) electrons. The van der Waals surface area contributed by atoms with Crippen LogP contribution in [0, 0.1) is 0 Å². The van der Waals surface area contributed by atoms with Crippen LogP contribution < -0.4 is 14.2 Å². The van der Waals surface area contributed by atoms with Gasteiger partial charge in [-0.1, -0.05) is 42.8 Å². The van der Waals surface area contributed by atoms with Crippen LogP contribution in [-0.4, -0.2) is 44.0 Å². The molecule has 5 rings (SSSR count). The molecule has 0 amide bonds. The number of fused-ring (bicyclic) bond motifs is 4. The Labute approximate surface area is 249 Å². The fourth-order valence-corrected chi connectivity index (χ4v) is 6.14. The lowest BCUT2D eigenvalue weighted by atomic mass is 10.1. The number of aromatic nitrogens is 1. The summed E-state index contributed by atoms with van der Waals surface area (Å²) in [4.78, 5) is 1.81. The number of benzene rings is 3. The van der Waals surface area contributed by atoms with Gasteiger partial charge in [-0.25, -0.2) is 0 Å². The molecule has 1 aromatic heterocycles. The third-order valence-electron chi connectivity index (χ3n) is 6.90. The fourth-order valence-electron chi connectivity index (χ4n) is 4.99. The zero-order chi connectivity index (χ0) is 30.1. The first-order chi connectivity index (χ1) is 19.9. The summed E-state index contributed by atoms with van der Waals surface area (Å²) in [5, 5.41) is 2.43. The minimum absolute atomic E-state index is 0.154. The second-order valence-electron chi connectivity index (χ2n) is 9.93. The molecule has 2 N–H and O–H groups in total. The number of allylic oxidation sites excluding steroid dienone is 2. The van der Waals surface area contributed by atoms with Crippen molar-refractivity contribution in [1.82, 2.24) is 0 Å². The second-order valence-corrected chi connectivity index (χ2v) is 13.5. The first-order valence-electron chi connectivity index (χ1n) is 13.3. The summed E-state index contributed by atoms with van der Waals surface area (Å²) in [5.41, 5.74) is 2.93. The summed E-state index contributed by atoms with van der Waals surface area (Å²) < 4.78 is 78.4. The molecular weight excluding hydrogens is 604 g/mol. The lowest BCUT2D eigenvalue weighted by Gasteiger charge is -2.18. The van der Waals surface area contributed by atoms with E-state index in [4.69, 9.17) is 20.8 Å². The number of rotatable bonds is 11. The Bertz CT molecular complexity index is 1930. The van der Waals surface area contributed by atoms with Gasteiger partial charge in [0.2, 0.25) is 11.5 Å². The minimum Gasteiger partial charge on any atom is -0.439 e. The molecule has 4 aromatic rings. The van der Waals surface area contributed by atoms with E-state index in [0.29, 0.717) is 40.2 Å². The Morgan fingerprint density at radius 2 is 1.74 bits per heavy atom. The number of nitrogens with zero attached hydrogens (tertiary/aromatic N) is 2. The lowest BCUT2D eigenvalue weighted by Crippen LogP contribution is -2.36. The van der Waals surface area contributed by atoms with Crippen molar-refractivity contribution >= 4 is 65.5 Å². The van der Waals surface area contributed by atoms with Gasteiger partial charge in [0, 0.05) is 24.1 Å². The SMILES string of the molecule is CCC(=Cc1oc2ccc3ccccc3c2[n+]1CCCS(=O)(=O)O)C=C1Oc2ccc(Cl)cc2N1CCCS(=O)(=O)O. The first kappa shape index (κ1) is 30.1. The van der Waals surface area contributed by atoms with Gasteiger partial charge < -0.3 is 14.1 Å². The molecule has 1 aliphatic heterocycles. The van der Waals surface area contributed by atoms with Gasteiger partial charge in [0.1, 0.15) is 0 Å². The van der Waals surface area contributed by atoms with Crippen molar-refractivity contribution in [3.63, 3.8) is 0 Å². The number of hydrogen-bond donors (Lipinski definition) is 2. The molecule has 0 aliphatic carbocycles. The lowest BCUT2D eigenvalue weighted by molar-refractivity contribution is -0.677. The van der Waals surface area contributed by atoms with E-state index in [-0.39, 0.29) is 25.9 Å². The van der Waals surface area contributed by atoms with E-state index in [1.54, 1.807) is 18.2 Å². The Hall–Kier alpha value is -3.42. The van der Waals surface area contributed by atoms with Crippen LogP contribution in [0.1, 0.15) is 32.1 Å². The normalized spacial score (nSPS) is 15.1. The standard InChI is InChI=1S/C29H29ClN2O8S2/c1-2-20(17-27-31(13-5-15-41(33,34)35)24-19-22(30)10-12-25(24)39-27)18-28-32(14-6-16-42(36,37)38)29-23-8-4-3-7-21(23)9-11-26(29)40-28/h3-4,7-12,17-19H,2,5-6,13-16H2,1H3,(H-,33,34,35,36,37,38)/p+1. The van der Waals surface area contributed by atoms with Crippen LogP contribution in [0.3, 0.4) is 0 Å². The number of hydrogen-bond acceptors (Lipinski definition) is 7. The molecule has 0 spiro atoms. The highest BCUT2D eigenvalue weighted by Gasteiger charge is 2.28. The maximum absolute atomic E-state index is 11.4. The van der Waals surface area contributed by atoms with Crippen LogP contribution in [0.2, 0.25) is 5.02 Å². The van der Waals surface area contributed by atoms with E-state index < -0.39 is 31.7 Å². The highest BCUT2D eigenvalue weighted by molar-refractivity contribution is 7.86. The third-order valence-corrected chi connectivity index (χ3v) is 8.74. The van der Waals surface area contributed by atoms with Gasteiger partial charge in [0.05, 0.1) is 28.7 Å². The van der Waals surface area contributed by atoms with Gasteiger partial charge in [-0.3, -0.25) is 9.11 Å². The molecule has 0 saturated heterocycles. The molecule has 0 saturated carbocycles. The van der Waals surface area contributed by atoms with Crippen molar-refractivity contribution in [2.45, 2.75) is 32.7 Å². The summed E-state index contributed by atoms with van der Waals surface area (Å²) in [6.45, 7) is 2.50. The van der Waals surface area contributed by atoms with Crippen molar-refractivity contribution < 1.29 is 39.7 Å². The summed E-state index contributed by atoms with van der Waals surface area (Å²) in [6.07, 6.45) is 4.58. The highest BCUT2D eigenvalue weighted by Crippen LogP contribution is 2.41. The average Bonchev–Trinajstić information content (AvgIpc) is 3.44. The molecule has 2 heterocycles. The molecule has 10 nitrogen and oxygen atoms in total. The number of ether oxygens (including phenoxy) is 1. The van der Waals surface area contributed by atoms with Crippen molar-refractivity contribution in [3.8, 4) is 5.75 Å². The topological polar surface area (TPSA) is 138 Å². The minimum atomic E-state index is -4.14. The number of halogens is 1. The third kappa shape index (κ3) is 6.96. The predicted octanol–water partition coefficient (Wildman–Crippen LogP) is 5.62. The largest absolute Gasteiger partial charge is 0.439 e. The van der Waals surface area contributed by atoms with E-state index in [1.807, 2.05) is 64.9 Å². The number of anilines is 1. The zero-order valence-corrected chi connectivity index (χ0v) is 25.1. The summed E-state index contributed by atoms with van der Waals surface area (Å²) >= 11 is 6.23. The van der Waals surface area contributed by atoms with Crippen molar-refractivity contribution in [2.75, 3.05) is 23.0 Å². The molecule has 222 valence electrons. The van der Waals surface area contributed by atoms with Crippen LogP contribution in [0.15, 0.2) is 76.5 Å². The van der Waals surface area contributed by atoms with E-state index in [1.165, 1.54) is 0 Å². The van der Waals surface area contributed by atoms with Crippen LogP contribution in [0.25, 0.3) is 27.9 Å².